The molecule has 1 aromatic carbocycles. The number of ether oxygens (including phenoxy) is 1. The molecular formula is C10H11BF4O3. The van der Waals surface area contributed by atoms with Crippen molar-refractivity contribution in [3.05, 3.63) is 29.6 Å². The van der Waals surface area contributed by atoms with E-state index >= 15 is 0 Å². The largest absolute Gasteiger partial charge is 0.488 e. The molecule has 0 heterocycles. The van der Waals surface area contributed by atoms with Gasteiger partial charge in [0.1, 0.15) is 5.82 Å². The van der Waals surface area contributed by atoms with Crippen molar-refractivity contribution >= 4 is 12.6 Å². The summed E-state index contributed by atoms with van der Waals surface area (Å²) in [5, 5.41) is 17.7. The van der Waals surface area contributed by atoms with Gasteiger partial charge in [-0.05, 0) is 30.1 Å². The predicted molar refractivity (Wildman–Crippen MR) is 56.5 cm³/mol. The molecule has 2 N–H and O–H groups in total. The van der Waals surface area contributed by atoms with Crippen LogP contribution in [0.5, 0.6) is 0 Å². The maximum absolute atomic E-state index is 13.0. The lowest BCUT2D eigenvalue weighted by Crippen LogP contribution is -2.31. The number of halogens is 4. The summed E-state index contributed by atoms with van der Waals surface area (Å²) >= 11 is 0. The fourth-order valence-electron chi connectivity index (χ4n) is 1.22. The highest BCUT2D eigenvalue weighted by atomic mass is 19.4. The number of benzene rings is 1. The number of alkyl halides is 3. The fourth-order valence-corrected chi connectivity index (χ4v) is 1.22. The van der Waals surface area contributed by atoms with Crippen LogP contribution in [-0.2, 0) is 11.3 Å². The van der Waals surface area contributed by atoms with Crippen LogP contribution in [0.25, 0.3) is 0 Å². The van der Waals surface area contributed by atoms with Crippen LogP contribution < -0.4 is 5.46 Å². The Kier molecular flexibility index (Phi) is 4.72. The molecule has 1 rings (SSSR count). The van der Waals surface area contributed by atoms with Gasteiger partial charge in [0.15, 0.2) is 6.10 Å². The van der Waals surface area contributed by atoms with Gasteiger partial charge >= 0.3 is 13.3 Å². The van der Waals surface area contributed by atoms with E-state index in [0.717, 1.165) is 25.1 Å². The molecule has 1 aromatic rings. The Labute approximate surface area is 101 Å². The van der Waals surface area contributed by atoms with Crippen molar-refractivity contribution in [2.75, 3.05) is 0 Å². The third kappa shape index (κ3) is 4.28. The molecule has 0 bridgehead atoms. The van der Waals surface area contributed by atoms with Gasteiger partial charge in [-0.2, -0.15) is 13.2 Å². The number of hydrogen-bond acceptors (Lipinski definition) is 3. The zero-order chi connectivity index (χ0) is 13.9. The molecule has 100 valence electrons. The minimum Gasteiger partial charge on any atom is -0.423 e. The average Bonchev–Trinajstić information content (AvgIpc) is 2.23. The molecular weight excluding hydrogens is 255 g/mol. The molecule has 8 heteroatoms. The summed E-state index contributed by atoms with van der Waals surface area (Å²) in [6, 6.07) is 3.01. The van der Waals surface area contributed by atoms with E-state index in [9.17, 15) is 17.6 Å². The zero-order valence-corrected chi connectivity index (χ0v) is 9.41. The van der Waals surface area contributed by atoms with Gasteiger partial charge in [-0.25, -0.2) is 4.39 Å². The van der Waals surface area contributed by atoms with Crippen LogP contribution in [0, 0.1) is 5.82 Å². The monoisotopic (exact) mass is 266 g/mol. The van der Waals surface area contributed by atoms with E-state index < -0.39 is 31.8 Å². The van der Waals surface area contributed by atoms with E-state index in [1.54, 1.807) is 0 Å². The minimum absolute atomic E-state index is 0.0919. The Hall–Kier alpha value is -1.12. The molecule has 0 aromatic heterocycles. The standard InChI is InChI=1S/C10H11BF4O3/c1-6(10(13,14)15)18-5-7-2-8(11(16)17)4-9(12)3-7/h2-4,6,16-17H,5H2,1H3. The Balaban J connectivity index is 2.73. The molecule has 0 amide bonds. The summed E-state index contributed by atoms with van der Waals surface area (Å²) in [4.78, 5) is 0. The first-order chi connectivity index (χ1) is 8.20. The summed E-state index contributed by atoms with van der Waals surface area (Å²) in [6.45, 7) is 0.360. The molecule has 0 aliphatic carbocycles. The highest BCUT2D eigenvalue weighted by Gasteiger charge is 2.36. The molecule has 0 fully saturated rings. The van der Waals surface area contributed by atoms with Crippen LogP contribution in [0.4, 0.5) is 17.6 Å². The van der Waals surface area contributed by atoms with E-state index in [-0.39, 0.29) is 11.0 Å². The first kappa shape index (κ1) is 14.9. The van der Waals surface area contributed by atoms with Crippen LogP contribution >= 0.6 is 0 Å². The second kappa shape index (κ2) is 5.68. The van der Waals surface area contributed by atoms with Crippen molar-refractivity contribution in [2.24, 2.45) is 0 Å². The Morgan fingerprint density at radius 2 is 1.89 bits per heavy atom. The summed E-state index contributed by atoms with van der Waals surface area (Å²) in [5.74, 6) is -0.779. The Morgan fingerprint density at radius 1 is 1.28 bits per heavy atom. The number of hydrogen-bond donors (Lipinski definition) is 2. The van der Waals surface area contributed by atoms with Crippen LogP contribution in [0.1, 0.15) is 12.5 Å². The summed E-state index contributed by atoms with van der Waals surface area (Å²) in [7, 11) is -1.89. The second-order valence-electron chi connectivity index (χ2n) is 3.76. The molecule has 0 radical (unpaired) electrons. The SMILES string of the molecule is CC(OCc1cc(F)cc(B(O)O)c1)C(F)(F)F. The maximum atomic E-state index is 13.0. The Morgan fingerprint density at radius 3 is 2.39 bits per heavy atom. The molecule has 0 saturated heterocycles. The van der Waals surface area contributed by atoms with E-state index in [4.69, 9.17) is 10.0 Å². The summed E-state index contributed by atoms with van der Waals surface area (Å²) in [5.41, 5.74) is -0.0533. The van der Waals surface area contributed by atoms with Gasteiger partial charge in [0.25, 0.3) is 0 Å². The first-order valence-electron chi connectivity index (χ1n) is 5.04. The predicted octanol–water partition coefficient (Wildman–Crippen LogP) is 0.973. The lowest BCUT2D eigenvalue weighted by Gasteiger charge is -2.16. The Bertz CT molecular complexity index is 409. The average molecular weight is 266 g/mol. The first-order valence-corrected chi connectivity index (χ1v) is 5.04. The lowest BCUT2D eigenvalue weighted by molar-refractivity contribution is -0.217. The van der Waals surface area contributed by atoms with E-state index in [1.165, 1.54) is 0 Å². The summed E-state index contributed by atoms with van der Waals surface area (Å²) < 4.78 is 54.1. The van der Waals surface area contributed by atoms with Gasteiger partial charge in [-0.3, -0.25) is 0 Å². The number of rotatable bonds is 4. The van der Waals surface area contributed by atoms with Gasteiger partial charge in [0.05, 0.1) is 6.61 Å². The van der Waals surface area contributed by atoms with Crippen molar-refractivity contribution in [2.45, 2.75) is 25.8 Å². The molecule has 0 aliphatic rings. The van der Waals surface area contributed by atoms with Gasteiger partial charge in [-0.15, -0.1) is 0 Å². The van der Waals surface area contributed by atoms with E-state index in [1.807, 2.05) is 0 Å². The van der Waals surface area contributed by atoms with Crippen LogP contribution in [0.3, 0.4) is 0 Å². The van der Waals surface area contributed by atoms with Gasteiger partial charge in [0, 0.05) is 0 Å². The van der Waals surface area contributed by atoms with Crippen LogP contribution in [-0.4, -0.2) is 29.4 Å². The van der Waals surface area contributed by atoms with Gasteiger partial charge in [0.2, 0.25) is 0 Å². The molecule has 3 nitrogen and oxygen atoms in total. The molecule has 1 unspecified atom stereocenters. The molecule has 0 saturated carbocycles. The van der Waals surface area contributed by atoms with Crippen molar-refractivity contribution in [3.63, 3.8) is 0 Å². The fraction of sp³-hybridized carbons (Fsp3) is 0.400. The van der Waals surface area contributed by atoms with Crippen molar-refractivity contribution in [3.8, 4) is 0 Å². The second-order valence-corrected chi connectivity index (χ2v) is 3.76. The normalized spacial score (nSPS) is 13.5. The summed E-state index contributed by atoms with van der Waals surface area (Å²) in [6.07, 6.45) is -6.48. The highest BCUT2D eigenvalue weighted by molar-refractivity contribution is 6.58. The molecule has 0 aliphatic heterocycles. The van der Waals surface area contributed by atoms with Crippen LogP contribution in [0.15, 0.2) is 18.2 Å². The van der Waals surface area contributed by atoms with E-state index in [0.29, 0.717) is 0 Å². The lowest BCUT2D eigenvalue weighted by atomic mass is 9.79. The van der Waals surface area contributed by atoms with Gasteiger partial charge < -0.3 is 14.8 Å². The third-order valence-corrected chi connectivity index (χ3v) is 2.24. The molecule has 1 atom stereocenters. The molecule has 18 heavy (non-hydrogen) atoms. The van der Waals surface area contributed by atoms with Gasteiger partial charge in [-0.1, -0.05) is 6.07 Å². The van der Waals surface area contributed by atoms with Crippen molar-refractivity contribution < 1.29 is 32.3 Å². The maximum Gasteiger partial charge on any atom is 0.488 e. The van der Waals surface area contributed by atoms with Crippen molar-refractivity contribution in [1.29, 1.82) is 0 Å². The smallest absolute Gasteiger partial charge is 0.423 e. The van der Waals surface area contributed by atoms with Crippen LogP contribution in [0.2, 0.25) is 0 Å². The van der Waals surface area contributed by atoms with E-state index in [2.05, 4.69) is 4.74 Å². The molecule has 0 spiro atoms. The third-order valence-electron chi connectivity index (χ3n) is 2.24. The topological polar surface area (TPSA) is 49.7 Å². The zero-order valence-electron chi connectivity index (χ0n) is 9.41. The highest BCUT2D eigenvalue weighted by Crippen LogP contribution is 2.23. The quantitative estimate of drug-likeness (QED) is 0.630. The van der Waals surface area contributed by atoms with Crippen molar-refractivity contribution in [1.82, 2.24) is 0 Å². The minimum atomic E-state index is -4.49.